The number of phosphoric ester groups is 4. The van der Waals surface area contributed by atoms with E-state index in [-0.39, 0.29) is 0 Å². The third-order valence-electron chi connectivity index (χ3n) is 24.0. The highest BCUT2D eigenvalue weighted by molar-refractivity contribution is 7.61. The molecule has 54 atom stereocenters. The number of aliphatic hydroxyl groups is 29. The van der Waals surface area contributed by atoms with Gasteiger partial charge in [-0.25, -0.2) is 27.8 Å². The fourth-order valence-electron chi connectivity index (χ4n) is 16.7. The summed E-state index contributed by atoms with van der Waals surface area (Å²) in [6.45, 7) is -13.4. The highest BCUT2D eigenvalue weighted by Crippen LogP contribution is 2.62. The van der Waals surface area contributed by atoms with Crippen LogP contribution in [0.5, 0.6) is 0 Å². The Bertz CT molecular complexity index is 4130. The zero-order valence-electron chi connectivity index (χ0n) is 72.8. The van der Waals surface area contributed by atoms with Gasteiger partial charge in [0.1, 0.15) is 232 Å². The molecule has 41 N–H and O–H groups in total. The van der Waals surface area contributed by atoms with E-state index in [4.69, 9.17) is 115 Å². The predicted octanol–water partition coefficient (Wildman–Crippen LogP) is -22.9. The average molecular weight is 2160 g/mol. The van der Waals surface area contributed by atoms with E-state index in [9.17, 15) is 216 Å². The number of nitrogens with two attached hydrogens (primary N) is 2. The number of hydrogen-bond acceptors (Lipinski definition) is 61. The first-order valence-corrected chi connectivity index (χ1v) is 48.6. The monoisotopic (exact) mass is 2160 g/mol. The second-order valence-corrected chi connectivity index (χ2v) is 39.3. The molecule has 141 heavy (non-hydrogen) atoms. The molecule has 10 aliphatic heterocycles. The molecule has 10 heterocycles. The molecule has 69 nitrogen and oxygen atoms in total. The number of aliphatic hydroxyl groups excluding tert-OH is 28. The van der Waals surface area contributed by atoms with Crippen LogP contribution in [0.4, 0.5) is 0 Å². The maximum Gasteiger partial charge on any atom is 0.481 e. The van der Waals surface area contributed by atoms with Crippen LogP contribution in [0.25, 0.3) is 0 Å². The summed E-state index contributed by atoms with van der Waals surface area (Å²) in [7, 11) is -26.0. The molecule has 0 saturated carbocycles. The molecule has 0 amide bonds. The molecule has 824 valence electrons. The molecule has 0 spiro atoms. The van der Waals surface area contributed by atoms with Crippen LogP contribution >= 0.6 is 31.3 Å². The van der Waals surface area contributed by atoms with Crippen molar-refractivity contribution in [2.24, 2.45) is 11.5 Å². The molecule has 0 aromatic rings. The van der Waals surface area contributed by atoms with Gasteiger partial charge in [0, 0.05) is 19.4 Å². The van der Waals surface area contributed by atoms with Crippen molar-refractivity contribution >= 4 is 43.2 Å². The van der Waals surface area contributed by atoms with Gasteiger partial charge in [-0.2, -0.15) is 4.31 Å². The molecule has 0 radical (unpaired) electrons. The van der Waals surface area contributed by atoms with Crippen molar-refractivity contribution in [1.82, 2.24) is 0 Å². The molecular formula is C68H120N2O67P4. The molecule has 2 unspecified atom stereocenters. The number of rotatable bonds is 44. The first kappa shape index (κ1) is 120. The predicted molar refractivity (Wildman–Crippen MR) is 421 cm³/mol. The Morgan fingerprint density at radius 1 is 0.390 bits per heavy atom. The first-order chi connectivity index (χ1) is 65.7. The van der Waals surface area contributed by atoms with E-state index in [0.717, 1.165) is 0 Å². The van der Waals surface area contributed by atoms with Crippen LogP contribution in [-0.4, -0.2) is 590 Å². The van der Waals surface area contributed by atoms with Crippen molar-refractivity contribution in [3.63, 3.8) is 0 Å². The number of phosphoric acid groups is 4. The smallest absolute Gasteiger partial charge is 0.477 e. The molecule has 10 rings (SSSR count). The van der Waals surface area contributed by atoms with E-state index in [1.807, 2.05) is 0 Å². The Morgan fingerprint density at radius 2 is 0.837 bits per heavy atom. The van der Waals surface area contributed by atoms with Crippen LogP contribution < -0.4 is 11.5 Å². The van der Waals surface area contributed by atoms with Crippen LogP contribution in [0.15, 0.2) is 0 Å². The van der Waals surface area contributed by atoms with Crippen molar-refractivity contribution in [2.45, 2.75) is 338 Å². The molecular weight excluding hydrogens is 2040 g/mol. The number of hydrogen-bond donors (Lipinski definition) is 39. The fourth-order valence-corrected chi connectivity index (χ4v) is 20.0. The Balaban J connectivity index is 1.08. The number of carboxylic acids is 2. The molecule has 73 heteroatoms. The van der Waals surface area contributed by atoms with Crippen molar-refractivity contribution < 1.29 is 328 Å². The third-order valence-corrected chi connectivity index (χ3v) is 27.8. The van der Waals surface area contributed by atoms with E-state index in [0.29, 0.717) is 0 Å². The lowest BCUT2D eigenvalue weighted by atomic mass is 9.89. The van der Waals surface area contributed by atoms with Gasteiger partial charge in [-0.3, -0.25) is 18.1 Å². The fraction of sp³-hybridized carbons (Fsp3) is 0.971. The Morgan fingerprint density at radius 3 is 1.33 bits per heavy atom. The number of carboxylic acid groups (broad SMARTS) is 2. The Labute approximate surface area is 790 Å². The van der Waals surface area contributed by atoms with Gasteiger partial charge in [0.2, 0.25) is 0 Å². The average Bonchev–Trinajstić information content (AvgIpc) is 0.739. The molecule has 0 aromatic heterocycles. The van der Waals surface area contributed by atoms with Gasteiger partial charge in [-0.05, 0) is 6.92 Å². The second kappa shape index (κ2) is 49.9. The van der Waals surface area contributed by atoms with Gasteiger partial charge in [0.25, 0.3) is 11.6 Å². The van der Waals surface area contributed by atoms with Crippen molar-refractivity contribution in [3.8, 4) is 0 Å². The van der Waals surface area contributed by atoms with Crippen LogP contribution in [0.2, 0.25) is 0 Å². The summed E-state index contributed by atoms with van der Waals surface area (Å²) < 4.78 is 189. The third kappa shape index (κ3) is 27.9. The normalized spacial score (nSPS) is 46.9. The standard InChI is InChI=1S/C68H120N2O67P4/c1-15-28(82)38(92)53(129-59-40(94)35(89)31(85)22(10-75)119-59)63(117-15)115-14-26-33(87)36(90)41(95)60(121-26)125-50-23(11-76)120-57(27(70)51(50)127-61-42(96)37(91)32(86)25(122-61)13-114-58-39(93)34(88)30(84)21(9-74)118-58)128-52-43(97)48(24(12-77)134-138(104,105)106)124-62(44(52)98)130-54-55(135-139(107,108)109)46(18(80)7-72)123-64(56(54)136-141(112,113)137-140(110,111)116-3-2-69)126-49-20(5-67(103,65(99)100)132-47(49)19(81)8-73)131-68(66(101)102)4-16(78)29(83)45(133-68)17(79)6-71/h15-64,71-98,103H,2-14,69-70H2,1H3,(H,99,100)(H,101,102)(H,110,111)(H,112,113)(H2,104,105,106)(H2,107,108,109)/t15-,16+,17+,18-,19+,20+,21+,22+,23+,24-,25+,26+,27+,28-,29+,30+,31+,32+,33+,34-,35-,36-,37-,38+,39+,40+,41+,42+,43+,44-,45+,46+,47+,48+,49+,50-,51+,52-,53+,54-,55+,56-,57+,58-,59+,60+,61-,62+,63+,64+,67+,68+/m0/s1. The van der Waals surface area contributed by atoms with Crippen molar-refractivity contribution in [2.75, 3.05) is 72.6 Å². The number of ether oxygens (including phenoxy) is 19. The number of carbonyl (C=O) groups is 2. The Hall–Kier alpha value is -2.58. The van der Waals surface area contributed by atoms with Gasteiger partial charge in [0.15, 0.2) is 50.3 Å². The van der Waals surface area contributed by atoms with Crippen LogP contribution in [0, 0.1) is 0 Å². The molecule has 0 aromatic carbocycles. The van der Waals surface area contributed by atoms with Gasteiger partial charge in [-0.15, -0.1) is 0 Å². The minimum Gasteiger partial charge on any atom is -0.477 e. The minimum atomic E-state index is -6.97. The number of aliphatic carboxylic acids is 2. The van der Waals surface area contributed by atoms with Gasteiger partial charge < -0.3 is 289 Å². The lowest BCUT2D eigenvalue weighted by molar-refractivity contribution is -0.405. The topological polar surface area (TPSA) is 1120 Å². The van der Waals surface area contributed by atoms with Crippen molar-refractivity contribution in [1.29, 1.82) is 0 Å². The largest absolute Gasteiger partial charge is 0.481 e. The maximum absolute atomic E-state index is 14.7. The molecule has 10 aliphatic rings. The van der Waals surface area contributed by atoms with E-state index >= 15 is 0 Å². The van der Waals surface area contributed by atoms with Crippen molar-refractivity contribution in [3.05, 3.63) is 0 Å². The lowest BCUT2D eigenvalue weighted by Gasteiger charge is -2.53. The molecule has 0 bridgehead atoms. The Kier molecular flexibility index (Phi) is 42.6. The van der Waals surface area contributed by atoms with Gasteiger partial charge in [-0.1, -0.05) is 0 Å². The molecule has 10 fully saturated rings. The summed E-state index contributed by atoms with van der Waals surface area (Å²) in [6, 6.07) is -2.58. The van der Waals surface area contributed by atoms with E-state index in [2.05, 4.69) is 8.83 Å². The minimum absolute atomic E-state index is 0.732. The summed E-state index contributed by atoms with van der Waals surface area (Å²) in [4.78, 5) is 91.1. The summed E-state index contributed by atoms with van der Waals surface area (Å²) in [5, 5.41) is 344. The molecule has 0 aliphatic carbocycles. The summed E-state index contributed by atoms with van der Waals surface area (Å²) in [6.07, 6.45) is -128. The highest BCUT2D eigenvalue weighted by atomic mass is 31.3. The zero-order valence-corrected chi connectivity index (χ0v) is 76.4. The van der Waals surface area contributed by atoms with Crippen LogP contribution in [0.1, 0.15) is 19.8 Å². The van der Waals surface area contributed by atoms with Crippen LogP contribution in [-0.2, 0) is 140 Å². The lowest BCUT2D eigenvalue weighted by Crippen LogP contribution is -2.71. The second-order valence-electron chi connectivity index (χ2n) is 33.9. The van der Waals surface area contributed by atoms with Crippen LogP contribution in [0.3, 0.4) is 0 Å². The van der Waals surface area contributed by atoms with E-state index in [1.165, 1.54) is 6.92 Å². The van der Waals surface area contributed by atoms with E-state index in [1.54, 1.807) is 0 Å². The first-order valence-electron chi connectivity index (χ1n) is 42.6. The summed E-state index contributed by atoms with van der Waals surface area (Å²) in [5.74, 6) is -12.6. The zero-order chi connectivity index (χ0) is 105. The van der Waals surface area contributed by atoms with E-state index < -0.39 is 447 Å². The molecule has 10 saturated heterocycles. The summed E-state index contributed by atoms with van der Waals surface area (Å²) >= 11 is 0. The maximum atomic E-state index is 14.7. The quantitative estimate of drug-likeness (QED) is 0.0252. The van der Waals surface area contributed by atoms with Gasteiger partial charge >= 0.3 is 43.2 Å². The summed E-state index contributed by atoms with van der Waals surface area (Å²) in [5.41, 5.74) is 12.3. The highest BCUT2D eigenvalue weighted by Gasteiger charge is 2.67. The van der Waals surface area contributed by atoms with Gasteiger partial charge in [0.05, 0.1) is 90.4 Å². The SMILES string of the molecule is C[C@@H]1O[C@@H](OC[C@H]2O[C@H](O[C@@H]3[C@H](O[C@@H]4O[C@H](CO[C@H]5O[C@H](CO)[C@@H](O)[C@H](O)[C@H]5O)[C@@H](O)[C@H](O)[C@H]4O)[C@@H](N)[C@@H](O[C@@H]4[C@H](O)[C@@H](O[C@H]5[C@H](OP(=O)(O)O)[C@@H]([C@@H](O)CO)O[C@H](O[C@H]6[C@@H]([C@H](O)CO)O[C@@](O)(C(=O)O)C[C@H]6O[C@]6(C(=O)O)C[C@@H](O)[C@@H](O)[C@@H]([C@H](O)CO)O6)[C@H]5OP(=O)(O)OP(=O)(O)OCCN)O[C@H]([C@H](CO)OP(=O)(O)O)[C@H]4O)O[C@@H]3CO)[C@H](O)[C@@H](O)[C@@H]2O)[C@H](O[C@H]2O[C@H](CO)[C@@H](O)[C@H](O)[C@H]2O)[C@H](O)[C@H]1O.